The van der Waals surface area contributed by atoms with E-state index in [0.29, 0.717) is 19.7 Å². The maximum absolute atomic E-state index is 12.8. The first-order valence-electron chi connectivity index (χ1n) is 7.39. The summed E-state index contributed by atoms with van der Waals surface area (Å²) in [6.07, 6.45) is 1.68. The highest BCUT2D eigenvalue weighted by molar-refractivity contribution is 5.98. The molecule has 5 nitrogen and oxygen atoms in total. The topological polar surface area (TPSA) is 49.9 Å². The molecule has 0 unspecified atom stereocenters. The van der Waals surface area contributed by atoms with Crippen molar-refractivity contribution in [3.05, 3.63) is 35.9 Å². The summed E-state index contributed by atoms with van der Waals surface area (Å²) in [6, 6.07) is 8.75. The molecular formula is C16H20N2O3. The van der Waals surface area contributed by atoms with E-state index in [-0.39, 0.29) is 17.9 Å². The van der Waals surface area contributed by atoms with E-state index in [1.807, 2.05) is 30.3 Å². The number of nitrogens with zero attached hydrogens (tertiary/aromatic N) is 2. The average Bonchev–Trinajstić information content (AvgIpc) is 3.00. The third-order valence-electron chi connectivity index (χ3n) is 4.30. The Morgan fingerprint density at radius 1 is 1.19 bits per heavy atom. The van der Waals surface area contributed by atoms with Gasteiger partial charge in [0.1, 0.15) is 12.1 Å². The van der Waals surface area contributed by atoms with Crippen LogP contribution in [0.15, 0.2) is 30.3 Å². The largest absolute Gasteiger partial charge is 0.383 e. The van der Waals surface area contributed by atoms with Gasteiger partial charge < -0.3 is 14.5 Å². The number of piperazine rings is 1. The second-order valence-electron chi connectivity index (χ2n) is 5.53. The van der Waals surface area contributed by atoms with Crippen LogP contribution in [-0.4, -0.2) is 54.5 Å². The second kappa shape index (κ2) is 5.85. The lowest BCUT2D eigenvalue weighted by Gasteiger charge is -2.42. The van der Waals surface area contributed by atoms with E-state index in [1.54, 1.807) is 16.9 Å². The Bertz CT molecular complexity index is 532. The Balaban J connectivity index is 1.96. The molecule has 0 radical (unpaired) electrons. The van der Waals surface area contributed by atoms with Crippen molar-refractivity contribution in [2.45, 2.75) is 24.9 Å². The van der Waals surface area contributed by atoms with Gasteiger partial charge in [-0.25, -0.2) is 0 Å². The highest BCUT2D eigenvalue weighted by Crippen LogP contribution is 2.34. The van der Waals surface area contributed by atoms with E-state index in [4.69, 9.17) is 4.74 Å². The van der Waals surface area contributed by atoms with Gasteiger partial charge >= 0.3 is 0 Å². The van der Waals surface area contributed by atoms with Crippen molar-refractivity contribution >= 4 is 11.8 Å². The van der Waals surface area contributed by atoms with Crippen molar-refractivity contribution in [1.29, 1.82) is 0 Å². The molecule has 21 heavy (non-hydrogen) atoms. The van der Waals surface area contributed by atoms with Crippen LogP contribution < -0.4 is 0 Å². The number of methoxy groups -OCH3 is 1. The molecule has 0 saturated carbocycles. The molecule has 3 rings (SSSR count). The Hall–Kier alpha value is -1.88. The summed E-state index contributed by atoms with van der Waals surface area (Å²) < 4.78 is 5.10. The van der Waals surface area contributed by atoms with Crippen LogP contribution in [-0.2, 0) is 14.3 Å². The van der Waals surface area contributed by atoms with Crippen LogP contribution in [0.25, 0.3) is 0 Å². The summed E-state index contributed by atoms with van der Waals surface area (Å²) in [7, 11) is 1.61. The molecule has 2 atom stereocenters. The van der Waals surface area contributed by atoms with Gasteiger partial charge in [0.2, 0.25) is 5.91 Å². The SMILES string of the molecule is COCCN1C(=O)[C@H]2CCCN2C(=O)[C@@H]1c1ccccc1. The van der Waals surface area contributed by atoms with Crippen molar-refractivity contribution in [2.24, 2.45) is 0 Å². The van der Waals surface area contributed by atoms with Gasteiger partial charge in [0.15, 0.2) is 0 Å². The van der Waals surface area contributed by atoms with E-state index in [1.165, 1.54) is 0 Å². The smallest absolute Gasteiger partial charge is 0.250 e. The minimum Gasteiger partial charge on any atom is -0.383 e. The third kappa shape index (κ3) is 2.42. The third-order valence-corrected chi connectivity index (χ3v) is 4.30. The number of fused-ring (bicyclic) bond motifs is 1. The molecule has 0 N–H and O–H groups in total. The van der Waals surface area contributed by atoms with Crippen LogP contribution in [0, 0.1) is 0 Å². The number of hydrogen-bond acceptors (Lipinski definition) is 3. The summed E-state index contributed by atoms with van der Waals surface area (Å²) in [5.74, 6) is 0.0948. The number of amides is 2. The molecule has 0 spiro atoms. The van der Waals surface area contributed by atoms with Crippen LogP contribution in [0.5, 0.6) is 0 Å². The Kier molecular flexibility index (Phi) is 3.92. The molecule has 5 heteroatoms. The first-order chi connectivity index (χ1) is 10.2. The normalized spacial score (nSPS) is 25.4. The van der Waals surface area contributed by atoms with Gasteiger partial charge in [-0.15, -0.1) is 0 Å². The monoisotopic (exact) mass is 288 g/mol. The number of rotatable bonds is 4. The maximum Gasteiger partial charge on any atom is 0.250 e. The summed E-state index contributed by atoms with van der Waals surface area (Å²) >= 11 is 0. The maximum atomic E-state index is 12.8. The highest BCUT2D eigenvalue weighted by atomic mass is 16.5. The van der Waals surface area contributed by atoms with Gasteiger partial charge in [0, 0.05) is 20.2 Å². The molecule has 2 aliphatic rings. The quantitative estimate of drug-likeness (QED) is 0.836. The summed E-state index contributed by atoms with van der Waals surface area (Å²) in [4.78, 5) is 29.0. The van der Waals surface area contributed by atoms with Crippen LogP contribution in [0.3, 0.4) is 0 Å². The summed E-state index contributed by atoms with van der Waals surface area (Å²) in [5.41, 5.74) is 0.873. The fourth-order valence-corrected chi connectivity index (χ4v) is 3.28. The van der Waals surface area contributed by atoms with Crippen molar-refractivity contribution in [3.63, 3.8) is 0 Å². The van der Waals surface area contributed by atoms with E-state index < -0.39 is 6.04 Å². The van der Waals surface area contributed by atoms with E-state index in [2.05, 4.69) is 0 Å². The van der Waals surface area contributed by atoms with Crippen molar-refractivity contribution in [3.8, 4) is 0 Å². The van der Waals surface area contributed by atoms with Crippen LogP contribution in [0.2, 0.25) is 0 Å². The van der Waals surface area contributed by atoms with E-state index in [9.17, 15) is 9.59 Å². The lowest BCUT2D eigenvalue weighted by atomic mass is 9.98. The fourth-order valence-electron chi connectivity index (χ4n) is 3.28. The number of hydrogen-bond donors (Lipinski definition) is 0. The summed E-state index contributed by atoms with van der Waals surface area (Å²) in [6.45, 7) is 1.58. The molecule has 112 valence electrons. The lowest BCUT2D eigenvalue weighted by molar-refractivity contribution is -0.160. The number of benzene rings is 1. The predicted octanol–water partition coefficient (Wildman–Crippen LogP) is 1.21. The molecule has 2 saturated heterocycles. The fraction of sp³-hybridized carbons (Fsp3) is 0.500. The molecule has 2 aliphatic heterocycles. The molecule has 0 bridgehead atoms. The Labute approximate surface area is 124 Å². The molecule has 0 aromatic heterocycles. The predicted molar refractivity (Wildman–Crippen MR) is 77.5 cm³/mol. The van der Waals surface area contributed by atoms with Crippen LogP contribution in [0.1, 0.15) is 24.4 Å². The van der Waals surface area contributed by atoms with Crippen LogP contribution in [0.4, 0.5) is 0 Å². The Morgan fingerprint density at radius 3 is 2.67 bits per heavy atom. The van der Waals surface area contributed by atoms with Gasteiger partial charge in [-0.3, -0.25) is 9.59 Å². The molecule has 1 aromatic carbocycles. The van der Waals surface area contributed by atoms with Crippen molar-refractivity contribution in [2.75, 3.05) is 26.8 Å². The first-order valence-corrected chi connectivity index (χ1v) is 7.39. The number of carbonyl (C=O) groups is 2. The first kappa shape index (κ1) is 14.1. The number of carbonyl (C=O) groups excluding carboxylic acids is 2. The molecule has 2 heterocycles. The molecule has 1 aromatic rings. The van der Waals surface area contributed by atoms with Gasteiger partial charge in [-0.1, -0.05) is 30.3 Å². The van der Waals surface area contributed by atoms with Gasteiger partial charge in [0.05, 0.1) is 6.61 Å². The van der Waals surface area contributed by atoms with Crippen molar-refractivity contribution < 1.29 is 14.3 Å². The zero-order valence-corrected chi connectivity index (χ0v) is 12.2. The molecule has 2 fully saturated rings. The van der Waals surface area contributed by atoms with E-state index >= 15 is 0 Å². The van der Waals surface area contributed by atoms with Gasteiger partial charge in [0.25, 0.3) is 5.91 Å². The minimum atomic E-state index is -0.511. The van der Waals surface area contributed by atoms with Crippen molar-refractivity contribution in [1.82, 2.24) is 9.80 Å². The van der Waals surface area contributed by atoms with Crippen LogP contribution >= 0.6 is 0 Å². The Morgan fingerprint density at radius 2 is 1.95 bits per heavy atom. The lowest BCUT2D eigenvalue weighted by Crippen LogP contribution is -2.59. The summed E-state index contributed by atoms with van der Waals surface area (Å²) in [5, 5.41) is 0. The molecule has 2 amide bonds. The zero-order chi connectivity index (χ0) is 14.8. The molecule has 0 aliphatic carbocycles. The van der Waals surface area contributed by atoms with Gasteiger partial charge in [-0.05, 0) is 18.4 Å². The second-order valence-corrected chi connectivity index (χ2v) is 5.53. The minimum absolute atomic E-state index is 0.0411. The van der Waals surface area contributed by atoms with E-state index in [0.717, 1.165) is 18.4 Å². The standard InChI is InChI=1S/C16H20N2O3/c1-21-11-10-18-14(12-6-3-2-4-7-12)16(20)17-9-5-8-13(17)15(18)19/h2-4,6-7,13-14H,5,8-11H2,1H3/t13-,14+/m1/s1. The molecular weight excluding hydrogens is 268 g/mol. The number of ether oxygens (including phenoxy) is 1. The van der Waals surface area contributed by atoms with Gasteiger partial charge in [-0.2, -0.15) is 0 Å². The highest BCUT2D eigenvalue weighted by Gasteiger charge is 2.47. The average molecular weight is 288 g/mol. The zero-order valence-electron chi connectivity index (χ0n) is 12.2.